The second kappa shape index (κ2) is 17.2. The molecule has 3 aromatic carbocycles. The van der Waals surface area contributed by atoms with E-state index in [0.717, 1.165) is 90.4 Å². The van der Waals surface area contributed by atoms with Crippen molar-refractivity contribution in [3.63, 3.8) is 0 Å². The number of fused-ring (bicyclic) bond motifs is 1. The lowest BCUT2D eigenvalue weighted by atomic mass is 9.93. The van der Waals surface area contributed by atoms with Crippen molar-refractivity contribution >= 4 is 34.9 Å². The van der Waals surface area contributed by atoms with E-state index in [1.54, 1.807) is 7.11 Å². The third-order valence-corrected chi connectivity index (χ3v) is 11.5. The van der Waals surface area contributed by atoms with Gasteiger partial charge in [-0.3, -0.25) is 9.59 Å². The highest BCUT2D eigenvalue weighted by atomic mass is 35.5. The van der Waals surface area contributed by atoms with E-state index in [1.165, 1.54) is 5.56 Å². The zero-order valence-corrected chi connectivity index (χ0v) is 31.9. The summed E-state index contributed by atoms with van der Waals surface area (Å²) in [7, 11) is 1.60. The number of Topliss-reactive ketones (excluding diaryl/α,β-unsaturated/α-hetero) is 1. The number of nitriles is 1. The van der Waals surface area contributed by atoms with Gasteiger partial charge in [-0.2, -0.15) is 10.2 Å². The Labute approximate surface area is 326 Å². The van der Waals surface area contributed by atoms with E-state index in [-0.39, 0.29) is 24.7 Å². The van der Waals surface area contributed by atoms with Gasteiger partial charge in [0.1, 0.15) is 28.7 Å². The Morgan fingerprint density at radius 2 is 1.78 bits per heavy atom. The largest absolute Gasteiger partial charge is 0.481 e. The van der Waals surface area contributed by atoms with Crippen LogP contribution in [0.15, 0.2) is 60.7 Å². The third kappa shape index (κ3) is 8.52. The summed E-state index contributed by atoms with van der Waals surface area (Å²) in [5, 5.41) is 16.8. The first kappa shape index (κ1) is 37.7. The van der Waals surface area contributed by atoms with Crippen LogP contribution in [-0.2, 0) is 29.0 Å². The lowest BCUT2D eigenvalue weighted by molar-refractivity contribution is -0.119. The Balaban J connectivity index is 1.08. The molecule has 1 aliphatic heterocycles. The third-order valence-electron chi connectivity index (χ3n) is 10.8. The van der Waals surface area contributed by atoms with Crippen LogP contribution in [0.25, 0.3) is 22.3 Å². The molecule has 0 bridgehead atoms. The first-order valence-electron chi connectivity index (χ1n) is 18.8. The maximum absolute atomic E-state index is 11.7. The molecule has 2 fully saturated rings. The molecule has 280 valence electrons. The SMILES string of the molecule is COc1nc(O[C@H]2CCc3c(-c4cccc(-c5ccc(CNC[C@@H]6CCC(=O)C6)c(OCC#N)c5)c4Cl)cccc32)c(Cl)cc1CCC[C@@H]1CCC(=O)N1. The fraction of sp³-hybridized carbons (Fsp3) is 0.395. The van der Waals surface area contributed by atoms with Gasteiger partial charge in [0.2, 0.25) is 17.7 Å². The highest BCUT2D eigenvalue weighted by Crippen LogP contribution is 2.45. The molecule has 2 heterocycles. The van der Waals surface area contributed by atoms with E-state index in [1.807, 2.05) is 48.5 Å². The van der Waals surface area contributed by atoms with Crippen molar-refractivity contribution < 1.29 is 23.8 Å². The number of ketones is 1. The molecular formula is C43H44Cl2N4O5. The van der Waals surface area contributed by atoms with Crippen molar-refractivity contribution in [3.8, 4) is 45.8 Å². The number of pyridine rings is 1. The number of halogens is 2. The normalized spacial score (nSPS) is 19.0. The Bertz CT molecular complexity index is 2080. The van der Waals surface area contributed by atoms with Crippen LogP contribution >= 0.6 is 23.2 Å². The molecule has 54 heavy (non-hydrogen) atoms. The van der Waals surface area contributed by atoms with E-state index >= 15 is 0 Å². The van der Waals surface area contributed by atoms with Crippen molar-refractivity contribution in [2.75, 3.05) is 20.3 Å². The number of nitrogens with zero attached hydrogens (tertiary/aromatic N) is 2. The van der Waals surface area contributed by atoms with E-state index in [0.29, 0.717) is 65.1 Å². The lowest BCUT2D eigenvalue weighted by Crippen LogP contribution is -2.25. The Morgan fingerprint density at radius 3 is 2.56 bits per heavy atom. The van der Waals surface area contributed by atoms with E-state index in [2.05, 4.69) is 33.8 Å². The van der Waals surface area contributed by atoms with Crippen molar-refractivity contribution in [2.24, 2.45) is 5.92 Å². The molecule has 11 heteroatoms. The van der Waals surface area contributed by atoms with Crippen LogP contribution in [0.1, 0.15) is 79.7 Å². The van der Waals surface area contributed by atoms with Gasteiger partial charge < -0.3 is 24.8 Å². The van der Waals surface area contributed by atoms with Crippen LogP contribution in [0.3, 0.4) is 0 Å². The standard InChI is InChI=1S/C43H44Cl2N4O5/c1-52-42-28(5-2-6-30-14-18-40(51)48-30)22-37(44)43(49-42)54-38-17-16-34-33(8-4-9-35(34)38)36-10-3-7-32(41(36)45)27-12-13-29(39(23-27)53-20-19-46)25-47-24-26-11-15-31(50)21-26/h3-4,7-10,12-13,22-23,26,30,38,47H,2,5-6,11,14-18,20-21,24-25H2,1H3,(H,48,51)/t26-,30-,38+/m1/s1. The number of hydrogen-bond acceptors (Lipinski definition) is 8. The summed E-state index contributed by atoms with van der Waals surface area (Å²) in [6.07, 6.45) is 7.52. The second-order valence-corrected chi connectivity index (χ2v) is 15.2. The summed E-state index contributed by atoms with van der Waals surface area (Å²) in [5.41, 5.74) is 7.80. The van der Waals surface area contributed by atoms with Gasteiger partial charge in [0, 0.05) is 54.1 Å². The molecule has 1 saturated carbocycles. The van der Waals surface area contributed by atoms with E-state index in [4.69, 9.17) is 37.4 Å². The number of methoxy groups -OCH3 is 1. The minimum absolute atomic E-state index is 0.0687. The molecule has 7 rings (SSSR count). The molecule has 3 aliphatic rings. The summed E-state index contributed by atoms with van der Waals surface area (Å²) in [4.78, 5) is 28.0. The van der Waals surface area contributed by atoms with Gasteiger partial charge in [-0.25, -0.2) is 0 Å². The van der Waals surface area contributed by atoms with E-state index < -0.39 is 0 Å². The van der Waals surface area contributed by atoms with E-state index in [9.17, 15) is 14.9 Å². The van der Waals surface area contributed by atoms with Gasteiger partial charge in [-0.15, -0.1) is 0 Å². The number of hydrogen-bond donors (Lipinski definition) is 2. The number of aromatic nitrogens is 1. The number of rotatable bonds is 15. The second-order valence-electron chi connectivity index (χ2n) is 14.4. The van der Waals surface area contributed by atoms with Crippen molar-refractivity contribution in [1.82, 2.24) is 15.6 Å². The molecule has 2 N–H and O–H groups in total. The average molecular weight is 768 g/mol. The van der Waals surface area contributed by atoms with Crippen molar-refractivity contribution in [1.29, 1.82) is 5.26 Å². The molecule has 0 radical (unpaired) electrons. The highest BCUT2D eigenvalue weighted by molar-refractivity contribution is 6.36. The predicted molar refractivity (Wildman–Crippen MR) is 209 cm³/mol. The fourth-order valence-electron chi connectivity index (χ4n) is 8.04. The number of carbonyl (C=O) groups excluding carboxylic acids is 2. The number of aryl methyl sites for hydroxylation is 1. The number of carbonyl (C=O) groups is 2. The molecule has 2 aliphatic carbocycles. The summed E-state index contributed by atoms with van der Waals surface area (Å²) in [6.45, 7) is 1.26. The number of amides is 1. The topological polar surface area (TPSA) is 123 Å². The minimum Gasteiger partial charge on any atom is -0.481 e. The molecular weight excluding hydrogens is 723 g/mol. The van der Waals surface area contributed by atoms with Gasteiger partial charge in [0.25, 0.3) is 0 Å². The summed E-state index contributed by atoms with van der Waals surface area (Å²) in [6, 6.07) is 22.4. The van der Waals surface area contributed by atoms with Gasteiger partial charge in [-0.1, -0.05) is 71.7 Å². The maximum Gasteiger partial charge on any atom is 0.236 e. The smallest absolute Gasteiger partial charge is 0.236 e. The number of ether oxygens (including phenoxy) is 3. The van der Waals surface area contributed by atoms with Gasteiger partial charge in [0.05, 0.1) is 12.1 Å². The predicted octanol–water partition coefficient (Wildman–Crippen LogP) is 8.76. The lowest BCUT2D eigenvalue weighted by Gasteiger charge is -2.18. The van der Waals surface area contributed by atoms with Crippen LogP contribution in [0.2, 0.25) is 10.0 Å². The zero-order chi connectivity index (χ0) is 37.6. The molecule has 1 saturated heterocycles. The van der Waals surface area contributed by atoms with Gasteiger partial charge in [-0.05, 0) is 91.8 Å². The van der Waals surface area contributed by atoms with Gasteiger partial charge >= 0.3 is 0 Å². The van der Waals surface area contributed by atoms with Crippen LogP contribution in [0.4, 0.5) is 0 Å². The average Bonchev–Trinajstić information content (AvgIpc) is 3.91. The quantitative estimate of drug-likeness (QED) is 0.123. The fourth-order valence-corrected chi connectivity index (χ4v) is 8.60. The number of nitrogens with one attached hydrogen (secondary N) is 2. The molecule has 0 unspecified atom stereocenters. The maximum atomic E-state index is 11.7. The molecule has 4 aromatic rings. The molecule has 3 atom stereocenters. The van der Waals surface area contributed by atoms with Gasteiger partial charge in [0.15, 0.2) is 6.61 Å². The van der Waals surface area contributed by atoms with Crippen LogP contribution in [-0.4, -0.2) is 43.0 Å². The summed E-state index contributed by atoms with van der Waals surface area (Å²) < 4.78 is 18.0. The minimum atomic E-state index is -0.247. The monoisotopic (exact) mass is 766 g/mol. The first-order chi connectivity index (χ1) is 26.3. The molecule has 0 spiro atoms. The Hall–Kier alpha value is -4.62. The Morgan fingerprint density at radius 1 is 0.944 bits per heavy atom. The van der Waals surface area contributed by atoms with Crippen LogP contribution in [0, 0.1) is 17.2 Å². The molecule has 1 aromatic heterocycles. The molecule has 9 nitrogen and oxygen atoms in total. The highest BCUT2D eigenvalue weighted by Gasteiger charge is 2.29. The Kier molecular flexibility index (Phi) is 12.0. The van der Waals surface area contributed by atoms with Crippen molar-refractivity contribution in [3.05, 3.63) is 93.0 Å². The van der Waals surface area contributed by atoms with Crippen LogP contribution < -0.4 is 24.8 Å². The first-order valence-corrected chi connectivity index (χ1v) is 19.5. The zero-order valence-electron chi connectivity index (χ0n) is 30.4. The van der Waals surface area contributed by atoms with Crippen molar-refractivity contribution in [2.45, 2.75) is 82.9 Å². The summed E-state index contributed by atoms with van der Waals surface area (Å²) in [5.74, 6) is 2.28. The molecule has 1 amide bonds. The number of benzene rings is 3. The van der Waals surface area contributed by atoms with Crippen LogP contribution in [0.5, 0.6) is 17.5 Å². The summed E-state index contributed by atoms with van der Waals surface area (Å²) >= 11 is 14.0.